The summed E-state index contributed by atoms with van der Waals surface area (Å²) in [5, 5.41) is 4.83. The number of hydrogen-bond acceptors (Lipinski definition) is 4. The molecule has 102 valence electrons. The Kier molecular flexibility index (Phi) is 4.04. The highest BCUT2D eigenvalue weighted by atomic mass is 32.1. The van der Waals surface area contributed by atoms with Crippen LogP contribution in [-0.2, 0) is 0 Å². The zero-order chi connectivity index (χ0) is 13.8. The molecule has 0 bridgehead atoms. The molecule has 3 rings (SSSR count). The van der Waals surface area contributed by atoms with Crippen molar-refractivity contribution >= 4 is 22.2 Å². The molecule has 2 aromatic heterocycles. The molecule has 20 heavy (non-hydrogen) atoms. The van der Waals surface area contributed by atoms with Gasteiger partial charge in [0.15, 0.2) is 0 Å². The topological polar surface area (TPSA) is 37.8 Å². The second kappa shape index (κ2) is 6.11. The molecular weight excluding hydrogens is 266 g/mol. The largest absolute Gasteiger partial charge is 0.306 e. The van der Waals surface area contributed by atoms with Gasteiger partial charge in [-0.05, 0) is 30.7 Å². The lowest BCUT2D eigenvalue weighted by molar-refractivity contribution is 0.608. The van der Waals surface area contributed by atoms with Gasteiger partial charge in [-0.3, -0.25) is 9.97 Å². The monoisotopic (exact) mass is 283 g/mol. The Labute approximate surface area is 122 Å². The van der Waals surface area contributed by atoms with Gasteiger partial charge in [0.2, 0.25) is 0 Å². The lowest BCUT2D eigenvalue weighted by Crippen LogP contribution is -2.22. The van der Waals surface area contributed by atoms with Crippen molar-refractivity contribution in [2.45, 2.75) is 19.4 Å². The summed E-state index contributed by atoms with van der Waals surface area (Å²) < 4.78 is 0. The van der Waals surface area contributed by atoms with E-state index in [1.54, 1.807) is 11.3 Å². The number of aromatic nitrogens is 2. The Bertz CT molecular complexity index is 674. The van der Waals surface area contributed by atoms with Crippen LogP contribution in [0.2, 0.25) is 0 Å². The minimum Gasteiger partial charge on any atom is -0.306 e. The molecule has 0 aliphatic carbocycles. The van der Waals surface area contributed by atoms with Crippen LogP contribution in [0.25, 0.3) is 10.9 Å². The SMILES string of the molecule is CCCNC(c1cncs1)c1cccc2ncccc12. The fourth-order valence-corrected chi connectivity index (χ4v) is 3.11. The summed E-state index contributed by atoms with van der Waals surface area (Å²) in [6.07, 6.45) is 4.90. The number of pyridine rings is 1. The molecule has 0 saturated heterocycles. The zero-order valence-electron chi connectivity index (χ0n) is 11.4. The van der Waals surface area contributed by atoms with Gasteiger partial charge in [0, 0.05) is 22.7 Å². The number of hydrogen-bond donors (Lipinski definition) is 1. The first-order chi connectivity index (χ1) is 9.90. The van der Waals surface area contributed by atoms with Crippen molar-refractivity contribution in [1.29, 1.82) is 0 Å². The van der Waals surface area contributed by atoms with Crippen LogP contribution in [0.4, 0.5) is 0 Å². The molecule has 1 aromatic carbocycles. The van der Waals surface area contributed by atoms with Crippen LogP contribution in [0, 0.1) is 0 Å². The number of rotatable bonds is 5. The number of benzene rings is 1. The van der Waals surface area contributed by atoms with Crippen LogP contribution < -0.4 is 5.32 Å². The van der Waals surface area contributed by atoms with E-state index >= 15 is 0 Å². The number of nitrogens with zero attached hydrogens (tertiary/aromatic N) is 2. The van der Waals surface area contributed by atoms with Gasteiger partial charge in [-0.2, -0.15) is 0 Å². The van der Waals surface area contributed by atoms with E-state index in [0.29, 0.717) is 0 Å². The molecule has 2 heterocycles. The molecule has 0 saturated carbocycles. The molecule has 3 aromatic rings. The molecule has 3 nitrogen and oxygen atoms in total. The van der Waals surface area contributed by atoms with E-state index in [9.17, 15) is 0 Å². The molecule has 1 unspecified atom stereocenters. The third kappa shape index (κ3) is 2.57. The van der Waals surface area contributed by atoms with Crippen molar-refractivity contribution in [1.82, 2.24) is 15.3 Å². The predicted molar refractivity (Wildman–Crippen MR) is 84.0 cm³/mol. The second-order valence-electron chi connectivity index (χ2n) is 4.71. The quantitative estimate of drug-likeness (QED) is 0.774. The molecule has 0 spiro atoms. The molecule has 0 aliphatic rings. The van der Waals surface area contributed by atoms with Crippen molar-refractivity contribution in [3.8, 4) is 0 Å². The van der Waals surface area contributed by atoms with Crippen LogP contribution in [0.3, 0.4) is 0 Å². The summed E-state index contributed by atoms with van der Waals surface area (Å²) in [4.78, 5) is 9.91. The van der Waals surface area contributed by atoms with Gasteiger partial charge in [-0.25, -0.2) is 0 Å². The molecule has 1 atom stereocenters. The lowest BCUT2D eigenvalue weighted by Gasteiger charge is -2.19. The first kappa shape index (κ1) is 13.2. The average Bonchev–Trinajstić information content (AvgIpc) is 3.02. The summed E-state index contributed by atoms with van der Waals surface area (Å²) in [6, 6.07) is 10.6. The number of fused-ring (bicyclic) bond motifs is 1. The van der Waals surface area contributed by atoms with E-state index in [2.05, 4.69) is 46.5 Å². The Balaban J connectivity index is 2.09. The summed E-state index contributed by atoms with van der Waals surface area (Å²) in [5.41, 5.74) is 4.20. The zero-order valence-corrected chi connectivity index (χ0v) is 12.2. The Morgan fingerprint density at radius 3 is 3.00 bits per heavy atom. The fourth-order valence-electron chi connectivity index (χ4n) is 2.40. The third-order valence-corrected chi connectivity index (χ3v) is 4.17. The maximum absolute atomic E-state index is 4.45. The first-order valence-electron chi connectivity index (χ1n) is 6.85. The van der Waals surface area contributed by atoms with Crippen molar-refractivity contribution < 1.29 is 0 Å². The molecule has 1 N–H and O–H groups in total. The van der Waals surface area contributed by atoms with E-state index in [1.165, 1.54) is 15.8 Å². The van der Waals surface area contributed by atoms with Gasteiger partial charge in [0.1, 0.15) is 0 Å². The number of nitrogens with one attached hydrogen (secondary N) is 1. The minimum atomic E-state index is 0.190. The van der Waals surface area contributed by atoms with Crippen molar-refractivity contribution in [2.75, 3.05) is 6.54 Å². The van der Waals surface area contributed by atoms with Crippen molar-refractivity contribution in [3.63, 3.8) is 0 Å². The Morgan fingerprint density at radius 2 is 2.20 bits per heavy atom. The maximum atomic E-state index is 4.45. The van der Waals surface area contributed by atoms with Gasteiger partial charge < -0.3 is 5.32 Å². The van der Waals surface area contributed by atoms with Crippen LogP contribution in [0.5, 0.6) is 0 Å². The van der Waals surface area contributed by atoms with Gasteiger partial charge in [-0.1, -0.05) is 25.1 Å². The maximum Gasteiger partial charge on any atom is 0.0794 e. The molecular formula is C16H17N3S. The van der Waals surface area contributed by atoms with Crippen molar-refractivity contribution in [3.05, 3.63) is 58.7 Å². The molecule has 0 fully saturated rings. The third-order valence-electron chi connectivity index (χ3n) is 3.32. The predicted octanol–water partition coefficient (Wildman–Crippen LogP) is 3.78. The van der Waals surface area contributed by atoms with Crippen LogP contribution in [0.15, 0.2) is 48.2 Å². The summed E-state index contributed by atoms with van der Waals surface area (Å²) >= 11 is 1.69. The highest BCUT2D eigenvalue weighted by Gasteiger charge is 2.17. The normalized spacial score (nSPS) is 12.7. The number of thiazole rings is 1. The molecule has 0 aliphatic heterocycles. The van der Waals surface area contributed by atoms with E-state index in [1.807, 2.05) is 24.0 Å². The highest BCUT2D eigenvalue weighted by molar-refractivity contribution is 7.09. The average molecular weight is 283 g/mol. The summed E-state index contributed by atoms with van der Waals surface area (Å²) in [6.45, 7) is 3.17. The van der Waals surface area contributed by atoms with E-state index in [0.717, 1.165) is 18.5 Å². The highest BCUT2D eigenvalue weighted by Crippen LogP contribution is 2.29. The fraction of sp³-hybridized carbons (Fsp3) is 0.250. The van der Waals surface area contributed by atoms with Gasteiger partial charge in [0.05, 0.1) is 17.1 Å². The molecule has 0 amide bonds. The van der Waals surface area contributed by atoms with Gasteiger partial charge in [0.25, 0.3) is 0 Å². The minimum absolute atomic E-state index is 0.190. The standard InChI is InChI=1S/C16H17N3S/c1-2-8-19-16(15-10-17-11-20-15)13-5-3-7-14-12(13)6-4-9-18-14/h3-7,9-11,16,19H,2,8H2,1H3. The molecule has 4 heteroatoms. The molecule has 0 radical (unpaired) electrons. The van der Waals surface area contributed by atoms with E-state index < -0.39 is 0 Å². The Morgan fingerprint density at radius 1 is 1.25 bits per heavy atom. The van der Waals surface area contributed by atoms with E-state index in [4.69, 9.17) is 0 Å². The van der Waals surface area contributed by atoms with Gasteiger partial charge >= 0.3 is 0 Å². The first-order valence-corrected chi connectivity index (χ1v) is 7.73. The summed E-state index contributed by atoms with van der Waals surface area (Å²) in [5.74, 6) is 0. The van der Waals surface area contributed by atoms with E-state index in [-0.39, 0.29) is 6.04 Å². The smallest absolute Gasteiger partial charge is 0.0794 e. The van der Waals surface area contributed by atoms with Crippen LogP contribution >= 0.6 is 11.3 Å². The van der Waals surface area contributed by atoms with Gasteiger partial charge in [-0.15, -0.1) is 11.3 Å². The van der Waals surface area contributed by atoms with Crippen LogP contribution in [0.1, 0.15) is 29.8 Å². The Hall–Kier alpha value is -1.78. The van der Waals surface area contributed by atoms with Crippen molar-refractivity contribution in [2.24, 2.45) is 0 Å². The summed E-state index contributed by atoms with van der Waals surface area (Å²) in [7, 11) is 0. The van der Waals surface area contributed by atoms with Crippen LogP contribution in [-0.4, -0.2) is 16.5 Å². The lowest BCUT2D eigenvalue weighted by atomic mass is 10.0. The second-order valence-corrected chi connectivity index (χ2v) is 5.63.